The number of methoxy groups -OCH3 is 2. The molecule has 20 nitrogen and oxygen atoms in total. The number of benzene rings is 1. The Morgan fingerprint density at radius 3 is 2.18 bits per heavy atom. The molecule has 0 unspecified atom stereocenters. The number of alkyl halides is 3. The molecule has 0 aliphatic carbocycles. The zero-order valence-electron chi connectivity index (χ0n) is 46.5. The van der Waals surface area contributed by atoms with Crippen molar-refractivity contribution in [3.8, 4) is 0 Å². The van der Waals surface area contributed by atoms with Crippen LogP contribution < -0.4 is 0 Å². The number of rotatable bonds is 17. The number of aliphatic hydroxyl groups excluding tert-OH is 3. The van der Waals surface area contributed by atoms with Crippen molar-refractivity contribution >= 4 is 15.8 Å². The van der Waals surface area contributed by atoms with Gasteiger partial charge in [-0.15, -0.1) is 5.10 Å². The second-order valence-electron chi connectivity index (χ2n) is 22.4. The first-order valence-electron chi connectivity index (χ1n) is 26.3. The summed E-state index contributed by atoms with van der Waals surface area (Å²) in [6, 6.07) is 2.33. The van der Waals surface area contributed by atoms with E-state index in [1.54, 1.807) is 61.7 Å². The van der Waals surface area contributed by atoms with Gasteiger partial charge in [0.15, 0.2) is 12.6 Å². The second kappa shape index (κ2) is 26.1. The lowest BCUT2D eigenvalue weighted by Crippen LogP contribution is -2.61. The largest absolute Gasteiger partial charge is 0.459 e. The lowest BCUT2D eigenvalue weighted by atomic mass is 9.77. The summed E-state index contributed by atoms with van der Waals surface area (Å²) >= 11 is 0. The molecular formula is C52H86F3N5O15S. The third-order valence-electron chi connectivity index (χ3n) is 16.3. The summed E-state index contributed by atoms with van der Waals surface area (Å²) in [5.74, 6) is -6.64. The number of likely N-dealkylation sites (N-methyl/N-ethyl adjacent to an activating group) is 2. The van der Waals surface area contributed by atoms with Crippen LogP contribution in [0.3, 0.4) is 0 Å². The van der Waals surface area contributed by atoms with Gasteiger partial charge >= 0.3 is 11.7 Å². The van der Waals surface area contributed by atoms with Gasteiger partial charge in [0, 0.05) is 64.3 Å². The number of cyclic esters (lactones) is 1. The summed E-state index contributed by atoms with van der Waals surface area (Å²) in [5, 5.41) is 68.1. The Hall–Kier alpha value is -2.95. The van der Waals surface area contributed by atoms with Crippen LogP contribution in [0.1, 0.15) is 118 Å². The van der Waals surface area contributed by atoms with Crippen LogP contribution >= 0.6 is 0 Å². The van der Waals surface area contributed by atoms with E-state index in [1.165, 1.54) is 38.0 Å². The van der Waals surface area contributed by atoms with E-state index in [9.17, 15) is 51.9 Å². The van der Waals surface area contributed by atoms with Crippen molar-refractivity contribution in [3.05, 3.63) is 41.7 Å². The first-order valence-corrected chi connectivity index (χ1v) is 27.8. The van der Waals surface area contributed by atoms with Crippen LogP contribution in [0.15, 0.2) is 35.4 Å². The monoisotopic (exact) mass is 1110 g/mol. The SMILES string of the molecule is CC[C@H]1OC(=O)[C@H](C)[C@@H](O[C@H]2C[C@@](C)(OC)[C@@H](O)[C@H](C)O2)[C@H](C)[C@@H](O[C@@H]2O[C@H](C)C[C@H](N(C)CCc3cn([C@H](CF)[C@H](OC)c4ccc(S(=O)(=O)C(F)F)cc4)nn3)[C@H]2O)[C@](C)(O)C[C@@H](C)CN(C)[C@H](C)[C@@H](O)[C@]1(C)O. The van der Waals surface area contributed by atoms with Gasteiger partial charge in [-0.1, -0.05) is 38.1 Å². The molecule has 3 aliphatic rings. The minimum Gasteiger partial charge on any atom is -0.459 e. The van der Waals surface area contributed by atoms with Crippen molar-refractivity contribution in [2.24, 2.45) is 17.8 Å². The fourth-order valence-corrected chi connectivity index (χ4v) is 12.2. The van der Waals surface area contributed by atoms with E-state index in [4.69, 9.17) is 33.2 Å². The number of esters is 1. The molecule has 5 rings (SSSR count). The Kier molecular flexibility index (Phi) is 21.9. The lowest BCUT2D eigenvalue weighted by Gasteiger charge is -2.49. The summed E-state index contributed by atoms with van der Waals surface area (Å²) in [5.41, 5.74) is -3.91. The number of sulfone groups is 1. The molecule has 0 bridgehead atoms. The molecule has 0 radical (unpaired) electrons. The van der Waals surface area contributed by atoms with Crippen molar-refractivity contribution in [1.82, 2.24) is 24.8 Å². The predicted octanol–water partition coefficient (Wildman–Crippen LogP) is 4.00. The molecule has 1 aromatic heterocycles. The number of hydrogen-bond donors (Lipinski definition) is 5. The molecule has 0 saturated carbocycles. The lowest BCUT2D eigenvalue weighted by molar-refractivity contribution is -0.318. The van der Waals surface area contributed by atoms with E-state index in [1.807, 2.05) is 30.7 Å². The Bertz CT molecular complexity index is 2270. The first-order chi connectivity index (χ1) is 35.4. The Morgan fingerprint density at radius 2 is 1.61 bits per heavy atom. The van der Waals surface area contributed by atoms with Gasteiger partial charge in [0.2, 0.25) is 9.84 Å². The summed E-state index contributed by atoms with van der Waals surface area (Å²) in [4.78, 5) is 17.7. The van der Waals surface area contributed by atoms with Crippen LogP contribution in [0.25, 0.3) is 0 Å². The van der Waals surface area contributed by atoms with E-state index in [0.29, 0.717) is 30.8 Å². The maximum absolute atomic E-state index is 14.8. The third-order valence-corrected chi connectivity index (χ3v) is 17.7. The fraction of sp³-hybridized carbons (Fsp3) is 0.827. The number of halogens is 3. The standard InChI is InChI=1S/C52H86F3N5O15S/c1-15-39-52(10,66)44(62)32(6)59(12)26-28(2)23-50(8,65)46(30(4)42(31(5)47(64)73-39)74-40-24-51(9,70-14)45(63)33(7)72-40)75-48-41(61)37(22-29(3)71-48)58(11)21-20-35-27-60(57-56-35)38(25-53)43(69-13)34-16-18-36(19-17-34)76(67,68)49(54)55/h16-19,27-33,37-46,48-49,61-63,65-66H,15,20-26H2,1-14H3/t28-,29-,30+,31-,32-,33+,37+,38-,39-,40+,41-,42+,43-,44-,45+,46-,48+,50-,51-,52-/m1/s1. The molecule has 0 spiro atoms. The Morgan fingerprint density at radius 1 is 0.961 bits per heavy atom. The van der Waals surface area contributed by atoms with Gasteiger partial charge in [-0.25, -0.2) is 17.5 Å². The smallest absolute Gasteiger partial charge is 0.341 e. The highest BCUT2D eigenvalue weighted by atomic mass is 32.2. The molecule has 76 heavy (non-hydrogen) atoms. The molecule has 0 amide bonds. The van der Waals surface area contributed by atoms with Gasteiger partial charge in [-0.2, -0.15) is 8.78 Å². The zero-order valence-corrected chi connectivity index (χ0v) is 47.3. The van der Waals surface area contributed by atoms with Gasteiger partial charge < -0.3 is 68.5 Å². The van der Waals surface area contributed by atoms with E-state index in [2.05, 4.69) is 10.3 Å². The number of nitrogens with zero attached hydrogens (tertiary/aromatic N) is 5. The third kappa shape index (κ3) is 14.3. The van der Waals surface area contributed by atoms with Crippen LogP contribution in [0.2, 0.25) is 0 Å². The maximum atomic E-state index is 14.8. The van der Waals surface area contributed by atoms with Crippen LogP contribution in [0.4, 0.5) is 13.2 Å². The minimum absolute atomic E-state index is 0.0512. The van der Waals surface area contributed by atoms with Crippen LogP contribution in [-0.2, 0) is 54.2 Å². The molecule has 436 valence electrons. The highest BCUT2D eigenvalue weighted by Gasteiger charge is 2.53. The van der Waals surface area contributed by atoms with Gasteiger partial charge in [-0.3, -0.25) is 4.79 Å². The van der Waals surface area contributed by atoms with Crippen molar-refractivity contribution < 1.29 is 85.1 Å². The highest BCUT2D eigenvalue weighted by molar-refractivity contribution is 7.91. The first kappa shape index (κ1) is 63.9. The number of ether oxygens (including phenoxy) is 7. The van der Waals surface area contributed by atoms with E-state index in [-0.39, 0.29) is 31.6 Å². The van der Waals surface area contributed by atoms with Gasteiger partial charge in [0.05, 0.1) is 52.1 Å². The summed E-state index contributed by atoms with van der Waals surface area (Å²) in [6.07, 6.45) is -9.25. The maximum Gasteiger partial charge on any atom is 0.341 e. The van der Waals surface area contributed by atoms with Crippen LogP contribution in [0.5, 0.6) is 0 Å². The molecule has 1 aromatic carbocycles. The Labute approximate surface area is 446 Å². The van der Waals surface area contributed by atoms with Crippen molar-refractivity contribution in [2.45, 2.75) is 214 Å². The molecule has 20 atom stereocenters. The molecule has 3 fully saturated rings. The molecule has 2 aromatic rings. The van der Waals surface area contributed by atoms with E-state index in [0.717, 1.165) is 12.1 Å². The number of carbonyl (C=O) groups excluding carboxylic acids is 1. The number of aromatic nitrogens is 3. The number of aliphatic hydroxyl groups is 5. The summed E-state index contributed by atoms with van der Waals surface area (Å²) < 4.78 is 110. The summed E-state index contributed by atoms with van der Waals surface area (Å²) in [7, 11) is 1.56. The predicted molar refractivity (Wildman–Crippen MR) is 271 cm³/mol. The average Bonchev–Trinajstić information content (AvgIpc) is 3.84. The highest BCUT2D eigenvalue weighted by Crippen LogP contribution is 2.41. The van der Waals surface area contributed by atoms with Gasteiger partial charge in [-0.05, 0) is 105 Å². The molecule has 4 heterocycles. The molecule has 5 N–H and O–H groups in total. The quantitative estimate of drug-likeness (QED) is 0.140. The molecular weight excluding hydrogens is 1020 g/mol. The molecule has 3 aliphatic heterocycles. The van der Waals surface area contributed by atoms with E-state index >= 15 is 0 Å². The van der Waals surface area contributed by atoms with Gasteiger partial charge in [0.1, 0.15) is 48.8 Å². The van der Waals surface area contributed by atoms with Gasteiger partial charge in [0.25, 0.3) is 0 Å². The number of hydrogen-bond acceptors (Lipinski definition) is 19. The zero-order chi connectivity index (χ0) is 57.0. The topological polar surface area (TPSA) is 254 Å². The average molecular weight is 1110 g/mol. The van der Waals surface area contributed by atoms with Crippen molar-refractivity contribution in [2.75, 3.05) is 48.1 Å². The second-order valence-corrected chi connectivity index (χ2v) is 24.3. The van der Waals surface area contributed by atoms with Crippen LogP contribution in [-0.4, -0.2) is 209 Å². The van der Waals surface area contributed by atoms with E-state index < -0.39 is 147 Å². The fourth-order valence-electron chi connectivity index (χ4n) is 11.5. The molecule has 3 saturated heterocycles. The number of carbonyl (C=O) groups is 1. The normalized spacial score (nSPS) is 38.8. The summed E-state index contributed by atoms with van der Waals surface area (Å²) in [6.45, 7) is 16.8. The minimum atomic E-state index is -4.85. The van der Waals surface area contributed by atoms with Crippen molar-refractivity contribution in [1.29, 1.82) is 0 Å². The van der Waals surface area contributed by atoms with Crippen LogP contribution in [0, 0.1) is 17.8 Å². The molecule has 24 heteroatoms. The Balaban J connectivity index is 1.43. The van der Waals surface area contributed by atoms with Crippen molar-refractivity contribution in [3.63, 3.8) is 0 Å².